The minimum Gasteiger partial charge on any atom is -0.496 e. The lowest BCUT2D eigenvalue weighted by Gasteiger charge is -2.21. The Morgan fingerprint density at radius 1 is 1.42 bits per heavy atom. The Hall–Kier alpha value is -2.24. The smallest absolute Gasteiger partial charge is 0.317 e. The van der Waals surface area contributed by atoms with Gasteiger partial charge in [0.1, 0.15) is 5.75 Å². The van der Waals surface area contributed by atoms with Gasteiger partial charge in [0.25, 0.3) is 0 Å². The second-order valence-electron chi connectivity index (χ2n) is 6.37. The van der Waals surface area contributed by atoms with Crippen LogP contribution in [-0.4, -0.2) is 62.6 Å². The number of likely N-dealkylation sites (tertiary alicyclic amines) is 1. The molecule has 0 bridgehead atoms. The number of rotatable bonds is 7. The number of nitrogens with one attached hydrogen (secondary N) is 1. The molecule has 3 amide bonds. The second kappa shape index (κ2) is 8.57. The molecule has 0 radical (unpaired) electrons. The van der Waals surface area contributed by atoms with Crippen molar-refractivity contribution in [1.82, 2.24) is 15.1 Å². The zero-order chi connectivity index (χ0) is 17.5. The summed E-state index contributed by atoms with van der Waals surface area (Å²) in [5.41, 5.74) is 1.15. The summed E-state index contributed by atoms with van der Waals surface area (Å²) in [6.45, 7) is 1.95. The Balaban J connectivity index is 1.68. The molecule has 24 heavy (non-hydrogen) atoms. The van der Waals surface area contributed by atoms with E-state index in [-0.39, 0.29) is 17.9 Å². The summed E-state index contributed by atoms with van der Waals surface area (Å²) in [5, 5.41) is 2.93. The quantitative estimate of drug-likeness (QED) is 0.773. The highest BCUT2D eigenvalue weighted by atomic mass is 16.5. The van der Waals surface area contributed by atoms with Gasteiger partial charge in [-0.25, -0.2) is 4.79 Å². The molecular weight excluding hydrogens is 306 g/mol. The molecule has 132 valence electrons. The number of carbonyl (C=O) groups is 2. The number of hydrogen-bond donors (Lipinski definition) is 1. The fourth-order valence-corrected chi connectivity index (χ4v) is 3.07. The van der Waals surface area contributed by atoms with Crippen LogP contribution in [0.4, 0.5) is 4.79 Å². The van der Waals surface area contributed by atoms with Crippen LogP contribution in [0, 0.1) is 5.92 Å². The predicted octanol–water partition coefficient (Wildman–Crippen LogP) is 1.75. The summed E-state index contributed by atoms with van der Waals surface area (Å²) < 4.78 is 5.33. The van der Waals surface area contributed by atoms with Crippen LogP contribution < -0.4 is 10.1 Å². The number of ether oxygens (including phenoxy) is 1. The SMILES string of the molecule is COc1ccccc1CCCNC(=O)N(C)C[C@@H]1CC(=O)N(C)C1. The van der Waals surface area contributed by atoms with Crippen molar-refractivity contribution in [1.29, 1.82) is 0 Å². The molecule has 1 saturated heterocycles. The molecule has 2 rings (SSSR count). The molecule has 0 saturated carbocycles. The van der Waals surface area contributed by atoms with E-state index in [9.17, 15) is 9.59 Å². The molecule has 1 heterocycles. The summed E-state index contributed by atoms with van der Waals surface area (Å²) in [6.07, 6.45) is 2.24. The third-order valence-electron chi connectivity index (χ3n) is 4.39. The normalized spacial score (nSPS) is 17.0. The number of methoxy groups -OCH3 is 1. The summed E-state index contributed by atoms with van der Waals surface area (Å²) in [7, 11) is 5.25. The average molecular weight is 333 g/mol. The maximum absolute atomic E-state index is 12.1. The van der Waals surface area contributed by atoms with Crippen molar-refractivity contribution in [3.8, 4) is 5.75 Å². The van der Waals surface area contributed by atoms with Crippen LogP contribution in [-0.2, 0) is 11.2 Å². The Morgan fingerprint density at radius 2 is 2.17 bits per heavy atom. The van der Waals surface area contributed by atoms with E-state index in [0.29, 0.717) is 19.5 Å². The standard InChI is InChI=1S/C18H27N3O3/c1-20-12-14(11-17(20)22)13-21(2)18(23)19-10-6-8-15-7-4-5-9-16(15)24-3/h4-5,7,9,14H,6,8,10-13H2,1-3H3,(H,19,23)/t14-/m1/s1. The van der Waals surface area contributed by atoms with Crippen molar-refractivity contribution in [2.45, 2.75) is 19.3 Å². The van der Waals surface area contributed by atoms with Crippen molar-refractivity contribution < 1.29 is 14.3 Å². The largest absolute Gasteiger partial charge is 0.496 e. The van der Waals surface area contributed by atoms with E-state index in [0.717, 1.165) is 30.7 Å². The van der Waals surface area contributed by atoms with E-state index in [2.05, 4.69) is 5.32 Å². The molecule has 0 unspecified atom stereocenters. The maximum atomic E-state index is 12.1. The van der Waals surface area contributed by atoms with E-state index >= 15 is 0 Å². The van der Waals surface area contributed by atoms with E-state index in [4.69, 9.17) is 4.74 Å². The van der Waals surface area contributed by atoms with Crippen LogP contribution in [0.2, 0.25) is 0 Å². The first-order chi connectivity index (χ1) is 11.5. The van der Waals surface area contributed by atoms with Gasteiger partial charge in [0, 0.05) is 46.1 Å². The summed E-state index contributed by atoms with van der Waals surface area (Å²) >= 11 is 0. The third kappa shape index (κ3) is 4.88. The van der Waals surface area contributed by atoms with Crippen LogP contribution in [0.25, 0.3) is 0 Å². The molecule has 1 aromatic rings. The summed E-state index contributed by atoms with van der Waals surface area (Å²) in [4.78, 5) is 27.0. The lowest BCUT2D eigenvalue weighted by molar-refractivity contribution is -0.126. The lowest BCUT2D eigenvalue weighted by atomic mass is 10.1. The van der Waals surface area contributed by atoms with Crippen LogP contribution >= 0.6 is 0 Å². The van der Waals surface area contributed by atoms with E-state index in [1.165, 1.54) is 0 Å². The fraction of sp³-hybridized carbons (Fsp3) is 0.556. The Kier molecular flexibility index (Phi) is 6.46. The van der Waals surface area contributed by atoms with Gasteiger partial charge in [-0.15, -0.1) is 0 Å². The molecule has 1 aromatic carbocycles. The van der Waals surface area contributed by atoms with Crippen LogP contribution in [0.3, 0.4) is 0 Å². The van der Waals surface area contributed by atoms with Gasteiger partial charge in [-0.2, -0.15) is 0 Å². The molecule has 6 nitrogen and oxygen atoms in total. The number of aryl methyl sites for hydroxylation is 1. The molecule has 1 fully saturated rings. The van der Waals surface area contributed by atoms with Gasteiger partial charge in [-0.3, -0.25) is 4.79 Å². The number of benzene rings is 1. The lowest BCUT2D eigenvalue weighted by Crippen LogP contribution is -2.40. The third-order valence-corrected chi connectivity index (χ3v) is 4.39. The van der Waals surface area contributed by atoms with Gasteiger partial charge in [-0.05, 0) is 24.5 Å². The zero-order valence-corrected chi connectivity index (χ0v) is 14.7. The molecule has 0 aromatic heterocycles. The first-order valence-corrected chi connectivity index (χ1v) is 8.36. The molecular formula is C18H27N3O3. The van der Waals surface area contributed by atoms with Crippen LogP contribution in [0.1, 0.15) is 18.4 Å². The van der Waals surface area contributed by atoms with E-state index in [1.807, 2.05) is 24.3 Å². The highest BCUT2D eigenvalue weighted by molar-refractivity contribution is 5.78. The first-order valence-electron chi connectivity index (χ1n) is 8.36. The van der Waals surface area contributed by atoms with Gasteiger partial charge in [0.2, 0.25) is 5.91 Å². The summed E-state index contributed by atoms with van der Waals surface area (Å²) in [5.74, 6) is 1.27. The minimum absolute atomic E-state index is 0.0861. The second-order valence-corrected chi connectivity index (χ2v) is 6.37. The predicted molar refractivity (Wildman–Crippen MR) is 93.1 cm³/mol. The number of urea groups is 1. The zero-order valence-electron chi connectivity index (χ0n) is 14.7. The number of para-hydroxylation sites is 1. The molecule has 1 N–H and O–H groups in total. The van der Waals surface area contributed by atoms with Gasteiger partial charge in [-0.1, -0.05) is 18.2 Å². The number of amides is 3. The highest BCUT2D eigenvalue weighted by Crippen LogP contribution is 2.19. The van der Waals surface area contributed by atoms with Crippen molar-refractivity contribution in [3.05, 3.63) is 29.8 Å². The van der Waals surface area contributed by atoms with Gasteiger partial charge < -0.3 is 19.9 Å². The van der Waals surface area contributed by atoms with Crippen molar-refractivity contribution in [2.24, 2.45) is 5.92 Å². The minimum atomic E-state index is -0.0861. The fourth-order valence-electron chi connectivity index (χ4n) is 3.07. The monoisotopic (exact) mass is 333 g/mol. The number of nitrogens with zero attached hydrogens (tertiary/aromatic N) is 2. The Labute approximate surface area is 143 Å². The molecule has 1 atom stereocenters. The van der Waals surface area contributed by atoms with Crippen molar-refractivity contribution >= 4 is 11.9 Å². The molecule has 0 spiro atoms. The Morgan fingerprint density at radius 3 is 2.83 bits per heavy atom. The van der Waals surface area contributed by atoms with Crippen molar-refractivity contribution in [2.75, 3.05) is 40.8 Å². The molecule has 1 aliphatic heterocycles. The Bertz CT molecular complexity index is 576. The van der Waals surface area contributed by atoms with E-state index < -0.39 is 0 Å². The topological polar surface area (TPSA) is 61.9 Å². The molecule has 0 aliphatic carbocycles. The number of hydrogen-bond acceptors (Lipinski definition) is 3. The molecule has 6 heteroatoms. The average Bonchev–Trinajstić information content (AvgIpc) is 2.89. The van der Waals surface area contributed by atoms with Crippen LogP contribution in [0.5, 0.6) is 5.75 Å². The highest BCUT2D eigenvalue weighted by Gasteiger charge is 2.28. The summed E-state index contributed by atoms with van der Waals surface area (Å²) in [6, 6.07) is 7.84. The molecule has 1 aliphatic rings. The maximum Gasteiger partial charge on any atom is 0.317 e. The van der Waals surface area contributed by atoms with E-state index in [1.54, 1.807) is 31.0 Å². The van der Waals surface area contributed by atoms with Crippen molar-refractivity contribution in [3.63, 3.8) is 0 Å². The number of carbonyl (C=O) groups excluding carboxylic acids is 2. The first kappa shape index (κ1) is 18.1. The van der Waals surface area contributed by atoms with Gasteiger partial charge in [0.15, 0.2) is 0 Å². The van der Waals surface area contributed by atoms with Gasteiger partial charge in [0.05, 0.1) is 7.11 Å². The van der Waals surface area contributed by atoms with Crippen LogP contribution in [0.15, 0.2) is 24.3 Å². The van der Waals surface area contributed by atoms with Gasteiger partial charge >= 0.3 is 6.03 Å².